The molecular formula is C10H13F4N3O3. The topological polar surface area (TPSA) is 80.4 Å². The third-order valence-corrected chi connectivity index (χ3v) is 2.84. The van der Waals surface area contributed by atoms with E-state index in [-0.39, 0.29) is 18.3 Å². The van der Waals surface area contributed by atoms with Gasteiger partial charge >= 0.3 is 12.3 Å². The lowest BCUT2D eigenvalue weighted by atomic mass is 10.0. The zero-order valence-electron chi connectivity index (χ0n) is 10.3. The summed E-state index contributed by atoms with van der Waals surface area (Å²) in [5.74, 6) is -4.37. The van der Waals surface area contributed by atoms with Crippen LogP contribution >= 0.6 is 0 Å². The molecule has 0 spiro atoms. The summed E-state index contributed by atoms with van der Waals surface area (Å²) in [5, 5.41) is 16.4. The molecule has 0 amide bonds. The predicted molar refractivity (Wildman–Crippen MR) is 56.3 cm³/mol. The summed E-state index contributed by atoms with van der Waals surface area (Å²) >= 11 is 0. The molecule has 1 aliphatic rings. The standard InChI is InChI=1S/C10H13F4N3O3/c11-7(12)10(13,14)5-19-3-6-16-8(20-17-6)9(18)1-2-15-4-9/h7,15,18H,1-5H2. The predicted octanol–water partition coefficient (Wildman–Crippen LogP) is 0.667. The molecule has 1 saturated heterocycles. The average molecular weight is 299 g/mol. The van der Waals surface area contributed by atoms with E-state index in [9.17, 15) is 22.7 Å². The number of rotatable bonds is 6. The normalized spacial score (nSPS) is 23.7. The Labute approximate surface area is 111 Å². The van der Waals surface area contributed by atoms with Gasteiger partial charge in [-0.15, -0.1) is 0 Å². The van der Waals surface area contributed by atoms with Crippen LogP contribution in [-0.4, -0.2) is 47.3 Å². The van der Waals surface area contributed by atoms with Crippen LogP contribution in [0.4, 0.5) is 17.6 Å². The van der Waals surface area contributed by atoms with Gasteiger partial charge in [0.05, 0.1) is 0 Å². The van der Waals surface area contributed by atoms with Gasteiger partial charge in [0.15, 0.2) is 11.4 Å². The Morgan fingerprint density at radius 1 is 1.50 bits per heavy atom. The van der Waals surface area contributed by atoms with Gasteiger partial charge < -0.3 is 19.7 Å². The van der Waals surface area contributed by atoms with Crippen LogP contribution in [-0.2, 0) is 16.9 Å². The number of halogens is 4. The number of hydrogen-bond donors (Lipinski definition) is 2. The van der Waals surface area contributed by atoms with E-state index in [2.05, 4.69) is 20.2 Å². The van der Waals surface area contributed by atoms with Gasteiger partial charge in [0.1, 0.15) is 13.2 Å². The van der Waals surface area contributed by atoms with E-state index in [4.69, 9.17) is 4.52 Å². The Hall–Kier alpha value is -1.26. The summed E-state index contributed by atoms with van der Waals surface area (Å²) in [6.07, 6.45) is -3.42. The molecule has 0 aromatic carbocycles. The van der Waals surface area contributed by atoms with Crippen LogP contribution in [0.15, 0.2) is 4.52 Å². The first kappa shape index (κ1) is 15.1. The van der Waals surface area contributed by atoms with Gasteiger partial charge in [-0.2, -0.15) is 13.8 Å². The Bertz CT molecular complexity index is 449. The maximum absolute atomic E-state index is 12.6. The van der Waals surface area contributed by atoms with Crippen molar-refractivity contribution in [2.75, 3.05) is 19.7 Å². The lowest BCUT2D eigenvalue weighted by Crippen LogP contribution is -2.32. The van der Waals surface area contributed by atoms with E-state index >= 15 is 0 Å². The number of nitrogens with one attached hydrogen (secondary N) is 1. The highest BCUT2D eigenvalue weighted by molar-refractivity contribution is 5.03. The Balaban J connectivity index is 1.87. The second-order valence-electron chi connectivity index (χ2n) is 4.53. The van der Waals surface area contributed by atoms with Crippen molar-refractivity contribution in [1.29, 1.82) is 0 Å². The molecule has 0 saturated carbocycles. The molecular weight excluding hydrogens is 286 g/mol. The molecule has 2 heterocycles. The maximum Gasteiger partial charge on any atom is 0.330 e. The summed E-state index contributed by atoms with van der Waals surface area (Å²) in [4.78, 5) is 3.80. The average Bonchev–Trinajstić information content (AvgIpc) is 2.99. The number of ether oxygens (including phenoxy) is 1. The third kappa shape index (κ3) is 3.25. The van der Waals surface area contributed by atoms with Crippen molar-refractivity contribution in [1.82, 2.24) is 15.5 Å². The highest BCUT2D eigenvalue weighted by Gasteiger charge is 2.41. The molecule has 1 atom stereocenters. The molecule has 20 heavy (non-hydrogen) atoms. The van der Waals surface area contributed by atoms with Gasteiger partial charge in [0.25, 0.3) is 5.89 Å². The monoisotopic (exact) mass is 299 g/mol. The van der Waals surface area contributed by atoms with Crippen LogP contribution in [0.5, 0.6) is 0 Å². The first-order chi connectivity index (χ1) is 9.33. The number of nitrogens with zero attached hydrogens (tertiary/aromatic N) is 2. The van der Waals surface area contributed by atoms with Crippen LogP contribution in [0.1, 0.15) is 18.1 Å². The van der Waals surface area contributed by atoms with Gasteiger partial charge in [-0.25, -0.2) is 8.78 Å². The minimum atomic E-state index is -4.22. The quantitative estimate of drug-likeness (QED) is 0.751. The van der Waals surface area contributed by atoms with Crippen molar-refractivity contribution >= 4 is 0 Å². The molecule has 2 rings (SSSR count). The largest absolute Gasteiger partial charge is 0.379 e. The molecule has 1 unspecified atom stereocenters. The van der Waals surface area contributed by atoms with Gasteiger partial charge in [-0.1, -0.05) is 5.16 Å². The fourth-order valence-electron chi connectivity index (χ4n) is 1.70. The SMILES string of the molecule is OC1(c2nc(COCC(F)(F)C(F)F)no2)CCNC1. The van der Waals surface area contributed by atoms with Crippen molar-refractivity contribution in [2.24, 2.45) is 0 Å². The Morgan fingerprint density at radius 3 is 2.85 bits per heavy atom. The van der Waals surface area contributed by atoms with Crippen molar-refractivity contribution in [3.63, 3.8) is 0 Å². The zero-order chi connectivity index (χ0) is 14.8. The van der Waals surface area contributed by atoms with E-state index < -0.39 is 31.2 Å². The number of aromatic nitrogens is 2. The Kier molecular flexibility index (Phi) is 4.25. The minimum Gasteiger partial charge on any atom is -0.379 e. The van der Waals surface area contributed by atoms with Crippen LogP contribution in [0.3, 0.4) is 0 Å². The van der Waals surface area contributed by atoms with Crippen molar-refractivity contribution in [3.05, 3.63) is 11.7 Å². The number of aliphatic hydroxyl groups is 1. The van der Waals surface area contributed by atoms with Gasteiger partial charge in [-0.3, -0.25) is 0 Å². The number of β-amino-alcohol motifs (C(OH)–C–C–N with tert-alkyl or cyclic N) is 1. The molecule has 6 nitrogen and oxygen atoms in total. The fraction of sp³-hybridized carbons (Fsp3) is 0.800. The van der Waals surface area contributed by atoms with Crippen molar-refractivity contribution in [2.45, 2.75) is 31.0 Å². The van der Waals surface area contributed by atoms with Crippen LogP contribution in [0.25, 0.3) is 0 Å². The van der Waals surface area contributed by atoms with E-state index in [1.807, 2.05) is 0 Å². The Morgan fingerprint density at radius 2 is 2.25 bits per heavy atom. The van der Waals surface area contributed by atoms with Crippen LogP contribution in [0.2, 0.25) is 0 Å². The molecule has 10 heteroatoms. The molecule has 0 radical (unpaired) electrons. The highest BCUT2D eigenvalue weighted by atomic mass is 19.3. The smallest absolute Gasteiger partial charge is 0.330 e. The molecule has 1 aromatic rings. The zero-order valence-corrected chi connectivity index (χ0v) is 10.3. The summed E-state index contributed by atoms with van der Waals surface area (Å²) in [7, 11) is 0. The first-order valence-corrected chi connectivity index (χ1v) is 5.83. The van der Waals surface area contributed by atoms with Gasteiger partial charge in [0, 0.05) is 6.54 Å². The minimum absolute atomic E-state index is 0.0540. The maximum atomic E-state index is 12.6. The molecule has 1 fully saturated rings. The van der Waals surface area contributed by atoms with Crippen molar-refractivity contribution in [3.8, 4) is 0 Å². The lowest BCUT2D eigenvalue weighted by molar-refractivity contribution is -0.168. The molecule has 2 N–H and O–H groups in total. The van der Waals surface area contributed by atoms with E-state index in [0.29, 0.717) is 13.0 Å². The second-order valence-corrected chi connectivity index (χ2v) is 4.53. The van der Waals surface area contributed by atoms with Gasteiger partial charge in [0.2, 0.25) is 0 Å². The molecule has 0 aliphatic carbocycles. The lowest BCUT2D eigenvalue weighted by Gasteiger charge is -2.15. The summed E-state index contributed by atoms with van der Waals surface area (Å²) in [6, 6.07) is 0. The van der Waals surface area contributed by atoms with E-state index in [1.54, 1.807) is 0 Å². The van der Waals surface area contributed by atoms with E-state index in [1.165, 1.54) is 0 Å². The third-order valence-electron chi connectivity index (χ3n) is 2.84. The fourth-order valence-corrected chi connectivity index (χ4v) is 1.70. The van der Waals surface area contributed by atoms with Crippen LogP contribution in [0, 0.1) is 0 Å². The summed E-state index contributed by atoms with van der Waals surface area (Å²) in [5.41, 5.74) is -1.29. The van der Waals surface area contributed by atoms with Crippen LogP contribution < -0.4 is 5.32 Å². The molecule has 1 aromatic heterocycles. The first-order valence-electron chi connectivity index (χ1n) is 5.83. The summed E-state index contributed by atoms with van der Waals surface area (Å²) < 4.78 is 58.2. The van der Waals surface area contributed by atoms with Gasteiger partial charge in [-0.05, 0) is 13.0 Å². The molecule has 114 valence electrons. The van der Waals surface area contributed by atoms with E-state index in [0.717, 1.165) is 0 Å². The number of hydrogen-bond acceptors (Lipinski definition) is 6. The highest BCUT2D eigenvalue weighted by Crippen LogP contribution is 2.26. The van der Waals surface area contributed by atoms with Crippen molar-refractivity contribution < 1.29 is 31.9 Å². The number of alkyl halides is 4. The summed E-state index contributed by atoms with van der Waals surface area (Å²) in [6.45, 7) is -1.14. The molecule has 1 aliphatic heterocycles. The molecule has 0 bridgehead atoms. The second kappa shape index (κ2) is 5.62.